The zero-order chi connectivity index (χ0) is 11.4. The summed E-state index contributed by atoms with van der Waals surface area (Å²) < 4.78 is 13.1. The number of aryl methyl sites for hydroxylation is 1. The number of halogens is 1. The van der Waals surface area contributed by atoms with E-state index in [4.69, 9.17) is 0 Å². The van der Waals surface area contributed by atoms with E-state index in [9.17, 15) is 4.39 Å². The van der Waals surface area contributed by atoms with E-state index in [2.05, 4.69) is 10.6 Å². The third-order valence-electron chi connectivity index (χ3n) is 3.11. The molecule has 16 heavy (non-hydrogen) atoms. The summed E-state index contributed by atoms with van der Waals surface area (Å²) >= 11 is 0. The predicted molar refractivity (Wildman–Crippen MR) is 63.9 cm³/mol. The van der Waals surface area contributed by atoms with Gasteiger partial charge in [-0.2, -0.15) is 0 Å². The van der Waals surface area contributed by atoms with Gasteiger partial charge in [-0.1, -0.05) is 12.1 Å². The van der Waals surface area contributed by atoms with E-state index in [1.807, 2.05) is 12.1 Å². The van der Waals surface area contributed by atoms with Crippen LogP contribution >= 0.6 is 0 Å². The van der Waals surface area contributed by atoms with E-state index < -0.39 is 0 Å². The highest BCUT2D eigenvalue weighted by molar-refractivity contribution is 5.23. The number of rotatable bonds is 3. The molecule has 2 N–H and O–H groups in total. The van der Waals surface area contributed by atoms with Gasteiger partial charge in [0, 0.05) is 19.1 Å². The number of hydrogen-bond acceptors (Lipinski definition) is 2. The van der Waals surface area contributed by atoms with Crippen molar-refractivity contribution in [2.45, 2.75) is 32.4 Å². The Balaban J connectivity index is 1.86. The zero-order valence-electron chi connectivity index (χ0n) is 9.72. The lowest BCUT2D eigenvalue weighted by molar-refractivity contribution is 0.389. The molecule has 0 bridgehead atoms. The van der Waals surface area contributed by atoms with Gasteiger partial charge in [0.2, 0.25) is 0 Å². The monoisotopic (exact) mass is 222 g/mol. The average Bonchev–Trinajstić information content (AvgIpc) is 2.32. The van der Waals surface area contributed by atoms with Crippen LogP contribution in [-0.4, -0.2) is 19.1 Å². The Morgan fingerprint density at radius 2 is 2.38 bits per heavy atom. The first-order chi connectivity index (χ1) is 7.75. The fourth-order valence-corrected chi connectivity index (χ4v) is 2.10. The Morgan fingerprint density at radius 3 is 3.06 bits per heavy atom. The first-order valence-electron chi connectivity index (χ1n) is 5.95. The van der Waals surface area contributed by atoms with Crippen molar-refractivity contribution < 1.29 is 4.39 Å². The lowest BCUT2D eigenvalue weighted by atomic mass is 10.1. The molecule has 1 atom stereocenters. The molecule has 0 amide bonds. The Hall–Kier alpha value is -0.930. The summed E-state index contributed by atoms with van der Waals surface area (Å²) in [6.07, 6.45) is 2.47. The van der Waals surface area contributed by atoms with Crippen molar-refractivity contribution in [3.63, 3.8) is 0 Å². The van der Waals surface area contributed by atoms with E-state index in [-0.39, 0.29) is 5.82 Å². The summed E-state index contributed by atoms with van der Waals surface area (Å²) in [4.78, 5) is 0. The van der Waals surface area contributed by atoms with E-state index in [0.717, 1.165) is 30.8 Å². The Labute approximate surface area is 96.2 Å². The number of nitrogens with one attached hydrogen (secondary N) is 2. The Bertz CT molecular complexity index is 346. The topological polar surface area (TPSA) is 24.1 Å². The highest BCUT2D eigenvalue weighted by atomic mass is 19.1. The van der Waals surface area contributed by atoms with Crippen molar-refractivity contribution in [3.05, 3.63) is 35.1 Å². The van der Waals surface area contributed by atoms with Gasteiger partial charge < -0.3 is 10.6 Å². The largest absolute Gasteiger partial charge is 0.315 e. The molecule has 2 rings (SSSR count). The maximum atomic E-state index is 13.1. The van der Waals surface area contributed by atoms with Crippen LogP contribution < -0.4 is 10.6 Å². The second-order valence-electron chi connectivity index (χ2n) is 4.51. The van der Waals surface area contributed by atoms with Crippen molar-refractivity contribution >= 4 is 0 Å². The SMILES string of the molecule is Cc1cc(CNC2CCCNC2)ccc1F. The summed E-state index contributed by atoms with van der Waals surface area (Å²) in [7, 11) is 0. The first kappa shape index (κ1) is 11.6. The molecule has 0 aromatic heterocycles. The number of hydrogen-bond donors (Lipinski definition) is 2. The third-order valence-corrected chi connectivity index (χ3v) is 3.11. The van der Waals surface area contributed by atoms with Crippen LogP contribution in [0.3, 0.4) is 0 Å². The van der Waals surface area contributed by atoms with Crippen molar-refractivity contribution in [1.82, 2.24) is 10.6 Å². The maximum absolute atomic E-state index is 13.1. The molecule has 0 aliphatic carbocycles. The van der Waals surface area contributed by atoms with Crippen LogP contribution in [0, 0.1) is 12.7 Å². The van der Waals surface area contributed by atoms with Gasteiger partial charge in [-0.15, -0.1) is 0 Å². The molecule has 0 radical (unpaired) electrons. The molecule has 1 aliphatic heterocycles. The van der Waals surface area contributed by atoms with Crippen LogP contribution in [0.5, 0.6) is 0 Å². The molecule has 3 heteroatoms. The smallest absolute Gasteiger partial charge is 0.126 e. The highest BCUT2D eigenvalue weighted by Crippen LogP contribution is 2.10. The van der Waals surface area contributed by atoms with Crippen LogP contribution in [0.4, 0.5) is 4.39 Å². The molecule has 2 nitrogen and oxygen atoms in total. The third kappa shape index (κ3) is 3.03. The fraction of sp³-hybridized carbons (Fsp3) is 0.538. The minimum Gasteiger partial charge on any atom is -0.315 e. The standard InChI is InChI=1S/C13H19FN2/c1-10-7-11(4-5-13(10)14)8-16-12-3-2-6-15-9-12/h4-5,7,12,15-16H,2-3,6,8-9H2,1H3. The van der Waals surface area contributed by atoms with Crippen LogP contribution in [0.15, 0.2) is 18.2 Å². The molecule has 1 unspecified atom stereocenters. The summed E-state index contributed by atoms with van der Waals surface area (Å²) in [5, 5.41) is 6.87. The molecule has 1 aromatic carbocycles. The van der Waals surface area contributed by atoms with E-state index in [0.29, 0.717) is 6.04 Å². The zero-order valence-corrected chi connectivity index (χ0v) is 9.72. The molecule has 1 fully saturated rings. The summed E-state index contributed by atoms with van der Waals surface area (Å²) in [6, 6.07) is 5.87. The molecule has 0 spiro atoms. The molecule has 0 saturated carbocycles. The normalized spacial score (nSPS) is 21.0. The number of piperidine rings is 1. The molecule has 1 aromatic rings. The van der Waals surface area contributed by atoms with Crippen molar-refractivity contribution in [3.8, 4) is 0 Å². The Kier molecular flexibility index (Phi) is 3.91. The van der Waals surface area contributed by atoms with Crippen molar-refractivity contribution in [2.24, 2.45) is 0 Å². The van der Waals surface area contributed by atoms with E-state index in [1.54, 1.807) is 13.0 Å². The van der Waals surface area contributed by atoms with Gasteiger partial charge in [-0.3, -0.25) is 0 Å². The molecule has 1 aliphatic rings. The van der Waals surface area contributed by atoms with Gasteiger partial charge in [-0.05, 0) is 43.5 Å². The minimum absolute atomic E-state index is 0.122. The fourth-order valence-electron chi connectivity index (χ4n) is 2.10. The van der Waals surface area contributed by atoms with Crippen molar-refractivity contribution in [2.75, 3.05) is 13.1 Å². The maximum Gasteiger partial charge on any atom is 0.126 e. The number of benzene rings is 1. The molecule has 88 valence electrons. The molecule has 1 heterocycles. The van der Waals surface area contributed by atoms with E-state index in [1.165, 1.54) is 12.8 Å². The van der Waals surface area contributed by atoms with Gasteiger partial charge in [-0.25, -0.2) is 4.39 Å². The molecular formula is C13H19FN2. The lowest BCUT2D eigenvalue weighted by Gasteiger charge is -2.24. The highest BCUT2D eigenvalue weighted by Gasteiger charge is 2.11. The van der Waals surface area contributed by atoms with Gasteiger partial charge >= 0.3 is 0 Å². The van der Waals surface area contributed by atoms with Crippen LogP contribution in [0.1, 0.15) is 24.0 Å². The van der Waals surface area contributed by atoms with Crippen LogP contribution in [0.25, 0.3) is 0 Å². The second-order valence-corrected chi connectivity index (χ2v) is 4.51. The minimum atomic E-state index is -0.122. The van der Waals surface area contributed by atoms with Crippen molar-refractivity contribution in [1.29, 1.82) is 0 Å². The summed E-state index contributed by atoms with van der Waals surface area (Å²) in [5.41, 5.74) is 1.88. The molecule has 1 saturated heterocycles. The summed E-state index contributed by atoms with van der Waals surface area (Å²) in [6.45, 7) is 4.81. The van der Waals surface area contributed by atoms with Gasteiger partial charge in [0.05, 0.1) is 0 Å². The second kappa shape index (κ2) is 5.41. The first-order valence-corrected chi connectivity index (χ1v) is 5.95. The average molecular weight is 222 g/mol. The summed E-state index contributed by atoms with van der Waals surface area (Å²) in [5.74, 6) is -0.122. The van der Waals surface area contributed by atoms with Crippen LogP contribution in [-0.2, 0) is 6.54 Å². The van der Waals surface area contributed by atoms with Gasteiger partial charge in [0.25, 0.3) is 0 Å². The predicted octanol–water partition coefficient (Wildman–Crippen LogP) is 1.98. The quantitative estimate of drug-likeness (QED) is 0.817. The van der Waals surface area contributed by atoms with Gasteiger partial charge in [0.15, 0.2) is 0 Å². The van der Waals surface area contributed by atoms with E-state index >= 15 is 0 Å². The molecular weight excluding hydrogens is 203 g/mol. The van der Waals surface area contributed by atoms with Gasteiger partial charge in [0.1, 0.15) is 5.82 Å². The Morgan fingerprint density at radius 1 is 1.50 bits per heavy atom. The lowest BCUT2D eigenvalue weighted by Crippen LogP contribution is -2.42. The van der Waals surface area contributed by atoms with Crippen LogP contribution in [0.2, 0.25) is 0 Å².